The summed E-state index contributed by atoms with van der Waals surface area (Å²) >= 11 is 0. The minimum absolute atomic E-state index is 0.337. The number of rotatable bonds is 6. The molecule has 1 heterocycles. The van der Waals surface area contributed by atoms with Gasteiger partial charge in [0.15, 0.2) is 0 Å². The lowest BCUT2D eigenvalue weighted by molar-refractivity contribution is -0.135. The fraction of sp³-hybridized carbons (Fsp3) is 0.944. The van der Waals surface area contributed by atoms with Gasteiger partial charge in [-0.2, -0.15) is 0 Å². The van der Waals surface area contributed by atoms with Crippen LogP contribution >= 0.6 is 0 Å². The Labute approximate surface area is 134 Å². The fourth-order valence-corrected chi connectivity index (χ4v) is 4.39. The van der Waals surface area contributed by atoms with Gasteiger partial charge >= 0.3 is 0 Å². The van der Waals surface area contributed by atoms with E-state index in [9.17, 15) is 4.79 Å². The molecule has 126 valence electrons. The Kier molecular flexibility index (Phi) is 5.75. The van der Waals surface area contributed by atoms with E-state index in [1.807, 2.05) is 0 Å². The molecule has 0 aromatic carbocycles. The number of likely N-dealkylation sites (tertiary alicyclic amines) is 1. The summed E-state index contributed by atoms with van der Waals surface area (Å²) in [5.74, 6) is 2.36. The Morgan fingerprint density at radius 1 is 1.09 bits per heavy atom. The van der Waals surface area contributed by atoms with E-state index in [4.69, 9.17) is 10.5 Å². The molecule has 0 unspecified atom stereocenters. The smallest absolute Gasteiger partial charge is 0.225 e. The first-order valence-electron chi connectivity index (χ1n) is 9.40. The Morgan fingerprint density at radius 2 is 1.82 bits per heavy atom. The van der Waals surface area contributed by atoms with Crippen molar-refractivity contribution < 1.29 is 9.53 Å². The molecular formula is C18H32N2O2. The maximum absolute atomic E-state index is 12.6. The summed E-state index contributed by atoms with van der Waals surface area (Å²) in [7, 11) is 0. The first kappa shape index (κ1) is 16.3. The lowest BCUT2D eigenvalue weighted by Crippen LogP contribution is -2.42. The third-order valence-corrected chi connectivity index (χ3v) is 5.87. The number of ether oxygens (including phenoxy) is 1. The highest BCUT2D eigenvalue weighted by molar-refractivity contribution is 5.81. The topological polar surface area (TPSA) is 55.6 Å². The summed E-state index contributed by atoms with van der Waals surface area (Å²) < 4.78 is 5.83. The Bertz CT molecular complexity index is 360. The number of piperidine rings is 1. The number of hydrogen-bond donors (Lipinski definition) is 1. The van der Waals surface area contributed by atoms with Crippen molar-refractivity contribution in [2.24, 2.45) is 23.5 Å². The summed E-state index contributed by atoms with van der Waals surface area (Å²) in [4.78, 5) is 14.8. The van der Waals surface area contributed by atoms with E-state index < -0.39 is 0 Å². The van der Waals surface area contributed by atoms with Gasteiger partial charge in [0, 0.05) is 25.6 Å². The van der Waals surface area contributed by atoms with Gasteiger partial charge < -0.3 is 15.4 Å². The minimum Gasteiger partial charge on any atom is -0.378 e. The summed E-state index contributed by atoms with van der Waals surface area (Å²) in [6.45, 7) is 3.24. The van der Waals surface area contributed by atoms with E-state index >= 15 is 0 Å². The Balaban J connectivity index is 1.37. The average Bonchev–Trinajstić information content (AvgIpc) is 3.37. The number of amides is 1. The number of hydrogen-bond acceptors (Lipinski definition) is 3. The van der Waals surface area contributed by atoms with Crippen LogP contribution in [-0.2, 0) is 9.53 Å². The SMILES string of the molecule is NCCCOC1CCN(C(=O)[C@@H]2C[C@H]2C2CCCCC2)CC1. The number of nitrogens with two attached hydrogens (primary N) is 1. The standard InChI is InChI=1S/C18H32N2O2/c19-9-4-12-22-15-7-10-20(11-8-15)18(21)17-13-16(17)14-5-2-1-3-6-14/h14-17H,1-13,19H2/t16-,17+/m0/s1. The van der Waals surface area contributed by atoms with Crippen molar-refractivity contribution in [2.75, 3.05) is 26.2 Å². The van der Waals surface area contributed by atoms with Crippen LogP contribution < -0.4 is 5.73 Å². The lowest BCUT2D eigenvalue weighted by Gasteiger charge is -2.32. The number of carbonyl (C=O) groups is 1. The molecule has 2 atom stereocenters. The van der Waals surface area contributed by atoms with Crippen molar-refractivity contribution in [3.8, 4) is 0 Å². The van der Waals surface area contributed by atoms with E-state index in [2.05, 4.69) is 4.90 Å². The van der Waals surface area contributed by atoms with E-state index in [1.165, 1.54) is 32.1 Å². The quantitative estimate of drug-likeness (QED) is 0.767. The van der Waals surface area contributed by atoms with Crippen LogP contribution in [0.25, 0.3) is 0 Å². The van der Waals surface area contributed by atoms with Crippen molar-refractivity contribution in [2.45, 2.75) is 63.9 Å². The minimum atomic E-state index is 0.337. The van der Waals surface area contributed by atoms with Crippen LogP contribution in [-0.4, -0.2) is 43.2 Å². The molecule has 0 aromatic heterocycles. The van der Waals surface area contributed by atoms with Gasteiger partial charge in [-0.05, 0) is 44.1 Å². The Hall–Kier alpha value is -0.610. The lowest BCUT2D eigenvalue weighted by atomic mass is 9.85. The molecule has 1 saturated heterocycles. The zero-order valence-electron chi connectivity index (χ0n) is 13.8. The molecule has 22 heavy (non-hydrogen) atoms. The summed E-state index contributed by atoms with van der Waals surface area (Å²) in [5.41, 5.74) is 5.49. The van der Waals surface area contributed by atoms with Crippen molar-refractivity contribution in [3.63, 3.8) is 0 Å². The van der Waals surface area contributed by atoms with E-state index in [1.54, 1.807) is 0 Å². The summed E-state index contributed by atoms with van der Waals surface area (Å²) in [6.07, 6.45) is 11.3. The van der Waals surface area contributed by atoms with Crippen molar-refractivity contribution in [1.29, 1.82) is 0 Å². The monoisotopic (exact) mass is 308 g/mol. The molecule has 2 saturated carbocycles. The van der Waals surface area contributed by atoms with Gasteiger partial charge in [-0.15, -0.1) is 0 Å². The zero-order chi connectivity index (χ0) is 15.4. The van der Waals surface area contributed by atoms with Crippen molar-refractivity contribution in [3.05, 3.63) is 0 Å². The zero-order valence-corrected chi connectivity index (χ0v) is 13.8. The molecule has 3 aliphatic rings. The molecule has 1 aliphatic heterocycles. The van der Waals surface area contributed by atoms with Crippen molar-refractivity contribution >= 4 is 5.91 Å². The third kappa shape index (κ3) is 4.02. The van der Waals surface area contributed by atoms with E-state index in [0.29, 0.717) is 30.4 Å². The predicted octanol–water partition coefficient (Wildman–Crippen LogP) is 2.56. The molecule has 4 heteroatoms. The summed E-state index contributed by atoms with van der Waals surface area (Å²) in [6, 6.07) is 0. The molecule has 0 aromatic rings. The normalized spacial score (nSPS) is 30.5. The van der Waals surface area contributed by atoms with Crippen LogP contribution in [0.1, 0.15) is 57.8 Å². The van der Waals surface area contributed by atoms with Crippen LogP contribution in [0.5, 0.6) is 0 Å². The maximum Gasteiger partial charge on any atom is 0.225 e. The van der Waals surface area contributed by atoms with Gasteiger partial charge in [-0.25, -0.2) is 0 Å². The van der Waals surface area contributed by atoms with Crippen LogP contribution in [0.2, 0.25) is 0 Å². The highest BCUT2D eigenvalue weighted by Crippen LogP contribution is 2.50. The van der Waals surface area contributed by atoms with Gasteiger partial charge in [-0.3, -0.25) is 4.79 Å². The second-order valence-electron chi connectivity index (χ2n) is 7.44. The molecule has 2 N–H and O–H groups in total. The third-order valence-electron chi connectivity index (χ3n) is 5.87. The largest absolute Gasteiger partial charge is 0.378 e. The second-order valence-corrected chi connectivity index (χ2v) is 7.44. The van der Waals surface area contributed by atoms with Gasteiger partial charge in [0.2, 0.25) is 5.91 Å². The maximum atomic E-state index is 12.6. The van der Waals surface area contributed by atoms with Gasteiger partial charge in [0.25, 0.3) is 0 Å². The summed E-state index contributed by atoms with van der Waals surface area (Å²) in [5, 5.41) is 0. The van der Waals surface area contributed by atoms with Crippen LogP contribution in [0, 0.1) is 17.8 Å². The molecule has 0 bridgehead atoms. The average molecular weight is 308 g/mol. The van der Waals surface area contributed by atoms with Crippen LogP contribution in [0.3, 0.4) is 0 Å². The number of nitrogens with zero attached hydrogens (tertiary/aromatic N) is 1. The molecular weight excluding hydrogens is 276 g/mol. The highest BCUT2D eigenvalue weighted by atomic mass is 16.5. The molecule has 1 amide bonds. The second kappa shape index (κ2) is 7.78. The molecule has 4 nitrogen and oxygen atoms in total. The highest BCUT2D eigenvalue weighted by Gasteiger charge is 2.49. The molecule has 2 aliphatic carbocycles. The van der Waals surface area contributed by atoms with E-state index in [-0.39, 0.29) is 0 Å². The van der Waals surface area contributed by atoms with Crippen molar-refractivity contribution in [1.82, 2.24) is 4.90 Å². The molecule has 3 fully saturated rings. The van der Waals surface area contributed by atoms with Gasteiger partial charge in [-0.1, -0.05) is 32.1 Å². The van der Waals surface area contributed by atoms with Gasteiger partial charge in [0.05, 0.1) is 6.10 Å². The number of carbonyl (C=O) groups excluding carboxylic acids is 1. The fourth-order valence-electron chi connectivity index (χ4n) is 4.39. The van der Waals surface area contributed by atoms with Crippen LogP contribution in [0.4, 0.5) is 0 Å². The predicted molar refractivity (Wildman–Crippen MR) is 87.4 cm³/mol. The molecule has 0 spiro atoms. The van der Waals surface area contributed by atoms with E-state index in [0.717, 1.165) is 51.3 Å². The molecule has 3 rings (SSSR count). The van der Waals surface area contributed by atoms with Gasteiger partial charge in [0.1, 0.15) is 0 Å². The first-order chi connectivity index (χ1) is 10.8. The Morgan fingerprint density at radius 3 is 2.50 bits per heavy atom. The van der Waals surface area contributed by atoms with Crippen LogP contribution in [0.15, 0.2) is 0 Å². The molecule has 0 radical (unpaired) electrons. The first-order valence-corrected chi connectivity index (χ1v) is 9.40.